The van der Waals surface area contributed by atoms with Gasteiger partial charge in [-0.1, -0.05) is 84.9 Å². The van der Waals surface area contributed by atoms with Crippen LogP contribution in [0.5, 0.6) is 0 Å². The molecule has 1 N–H and O–H groups in total. The van der Waals surface area contributed by atoms with Crippen molar-refractivity contribution in [1.29, 1.82) is 0 Å². The number of hydrogen-bond acceptors (Lipinski definition) is 6. The summed E-state index contributed by atoms with van der Waals surface area (Å²) in [6.07, 6.45) is 0.0415. The highest BCUT2D eigenvalue weighted by molar-refractivity contribution is 5.98. The summed E-state index contributed by atoms with van der Waals surface area (Å²) in [6.45, 7) is 5.64. The minimum absolute atomic E-state index is 0.226. The van der Waals surface area contributed by atoms with Crippen LogP contribution in [0.25, 0.3) is 10.8 Å². The van der Waals surface area contributed by atoms with Crippen molar-refractivity contribution in [3.05, 3.63) is 119 Å². The smallest absolute Gasteiger partial charge is 0.410 e. The van der Waals surface area contributed by atoms with Crippen LogP contribution in [0.15, 0.2) is 97.1 Å². The Bertz CT molecular complexity index is 1800. The van der Waals surface area contributed by atoms with Gasteiger partial charge in [-0.15, -0.1) is 0 Å². The lowest BCUT2D eigenvalue weighted by Crippen LogP contribution is -2.57. The van der Waals surface area contributed by atoms with Gasteiger partial charge in [0.2, 0.25) is 5.91 Å². The second-order valence-electron chi connectivity index (χ2n) is 13.9. The Morgan fingerprint density at radius 3 is 1.94 bits per heavy atom. The summed E-state index contributed by atoms with van der Waals surface area (Å²) < 4.78 is 5.48. The molecule has 0 bridgehead atoms. The Balaban J connectivity index is 1.66. The minimum Gasteiger partial charge on any atom is -0.444 e. The van der Waals surface area contributed by atoms with E-state index >= 15 is 0 Å². The number of likely N-dealkylation sites (N-methyl/N-ethyl adjacent to an activating group) is 2. The van der Waals surface area contributed by atoms with Gasteiger partial charge in [0.1, 0.15) is 17.7 Å². The van der Waals surface area contributed by atoms with Gasteiger partial charge < -0.3 is 19.4 Å². The molecular formula is C40H49N5O5. The second kappa shape index (κ2) is 16.5. The molecule has 0 fully saturated rings. The Morgan fingerprint density at radius 2 is 1.28 bits per heavy atom. The van der Waals surface area contributed by atoms with Gasteiger partial charge in [-0.3, -0.25) is 19.8 Å². The Kier molecular flexibility index (Phi) is 12.4. The maximum Gasteiger partial charge on any atom is 0.410 e. The van der Waals surface area contributed by atoms with E-state index < -0.39 is 23.8 Å². The van der Waals surface area contributed by atoms with Crippen LogP contribution < -0.4 is 5.43 Å². The number of carbonyl (C=O) groups is 4. The van der Waals surface area contributed by atoms with E-state index in [9.17, 15) is 19.2 Å². The number of fused-ring (bicyclic) bond motifs is 1. The summed E-state index contributed by atoms with van der Waals surface area (Å²) in [6, 6.07) is 28.7. The SMILES string of the molecule is CN(C)NC(=O)[C@@H](Cc1ccccc1)N(C)C(=O)[C@@H](Cc1ccc2ccccc2c1)N(C)C(=O)c1cccc(CN(C)C(=O)OC(C)(C)C)c1. The third kappa shape index (κ3) is 10.1. The summed E-state index contributed by atoms with van der Waals surface area (Å²) in [5.74, 6) is -1.07. The van der Waals surface area contributed by atoms with E-state index in [2.05, 4.69) is 5.43 Å². The molecule has 0 unspecified atom stereocenters. The number of nitrogens with zero attached hydrogens (tertiary/aromatic N) is 4. The zero-order valence-electron chi connectivity index (χ0n) is 30.3. The topological polar surface area (TPSA) is 103 Å². The number of nitrogens with one attached hydrogen (secondary N) is 1. The summed E-state index contributed by atoms with van der Waals surface area (Å²) in [5, 5.41) is 3.64. The number of rotatable bonds is 12. The molecular weight excluding hydrogens is 630 g/mol. The van der Waals surface area contributed by atoms with Gasteiger partial charge in [0, 0.05) is 60.2 Å². The highest BCUT2D eigenvalue weighted by Gasteiger charge is 2.36. The molecule has 0 aliphatic rings. The molecule has 0 saturated heterocycles. The molecule has 0 saturated carbocycles. The van der Waals surface area contributed by atoms with Crippen molar-refractivity contribution in [1.82, 2.24) is 25.1 Å². The standard InChI is InChI=1S/C40H49N5O5/c1-40(2,3)50-39(49)43(6)27-30-17-14-20-33(24-30)37(47)45(8)35(26-29-21-22-31-18-12-13-19-32(31)23-29)38(48)44(7)34(36(46)41-42(4)5)25-28-15-10-9-11-16-28/h9-24,34-35H,25-27H2,1-8H3,(H,41,46)/t34-,35-/m1/s1. The molecule has 10 heteroatoms. The highest BCUT2D eigenvalue weighted by Crippen LogP contribution is 2.22. The Labute approximate surface area is 295 Å². The lowest BCUT2D eigenvalue weighted by molar-refractivity contribution is -0.143. The van der Waals surface area contributed by atoms with Crippen molar-refractivity contribution in [3.63, 3.8) is 0 Å². The number of ether oxygens (including phenoxy) is 1. The van der Waals surface area contributed by atoms with Crippen LogP contribution in [-0.2, 0) is 33.7 Å². The van der Waals surface area contributed by atoms with E-state index in [0.717, 1.165) is 27.5 Å². The summed E-state index contributed by atoms with van der Waals surface area (Å²) in [4.78, 5) is 59.3. The van der Waals surface area contributed by atoms with Crippen LogP contribution in [0.4, 0.5) is 4.79 Å². The molecule has 0 radical (unpaired) electrons. The maximum absolute atomic E-state index is 14.6. The number of benzene rings is 4. The van der Waals surface area contributed by atoms with Crippen LogP contribution in [-0.4, -0.2) is 96.4 Å². The van der Waals surface area contributed by atoms with Gasteiger partial charge in [-0.25, -0.2) is 9.80 Å². The van der Waals surface area contributed by atoms with Crippen molar-refractivity contribution >= 4 is 34.6 Å². The first-order valence-corrected chi connectivity index (χ1v) is 16.7. The summed E-state index contributed by atoms with van der Waals surface area (Å²) in [7, 11) is 8.30. The quantitative estimate of drug-likeness (QED) is 0.197. The van der Waals surface area contributed by atoms with E-state index in [1.165, 1.54) is 14.7 Å². The van der Waals surface area contributed by atoms with Crippen LogP contribution in [0.3, 0.4) is 0 Å². The van der Waals surface area contributed by atoms with Crippen molar-refractivity contribution in [2.24, 2.45) is 0 Å². The van der Waals surface area contributed by atoms with E-state index in [0.29, 0.717) is 5.56 Å². The van der Waals surface area contributed by atoms with Crippen LogP contribution in [0, 0.1) is 0 Å². The lowest BCUT2D eigenvalue weighted by atomic mass is 9.98. The fourth-order valence-corrected chi connectivity index (χ4v) is 5.73. The zero-order chi connectivity index (χ0) is 36.6. The largest absolute Gasteiger partial charge is 0.444 e. The molecule has 0 aliphatic carbocycles. The van der Waals surface area contributed by atoms with Crippen molar-refractivity contribution in [2.75, 3.05) is 35.2 Å². The third-order valence-electron chi connectivity index (χ3n) is 8.34. The van der Waals surface area contributed by atoms with E-state index in [1.54, 1.807) is 79.2 Å². The molecule has 264 valence electrons. The molecule has 10 nitrogen and oxygen atoms in total. The van der Waals surface area contributed by atoms with Gasteiger partial charge in [-0.2, -0.15) is 0 Å². The lowest BCUT2D eigenvalue weighted by Gasteiger charge is -2.35. The number of hydrogen-bond donors (Lipinski definition) is 1. The molecule has 50 heavy (non-hydrogen) atoms. The molecule has 0 heterocycles. The van der Waals surface area contributed by atoms with Crippen molar-refractivity contribution < 1.29 is 23.9 Å². The molecule has 4 aromatic rings. The third-order valence-corrected chi connectivity index (χ3v) is 8.34. The normalized spacial score (nSPS) is 12.6. The average molecular weight is 680 g/mol. The van der Waals surface area contributed by atoms with Crippen LogP contribution in [0.1, 0.15) is 47.8 Å². The summed E-state index contributed by atoms with van der Waals surface area (Å²) >= 11 is 0. The summed E-state index contributed by atoms with van der Waals surface area (Å²) in [5.41, 5.74) is 5.04. The molecule has 4 aromatic carbocycles. The monoisotopic (exact) mass is 679 g/mol. The molecule has 0 spiro atoms. The molecule has 4 amide bonds. The molecule has 0 aromatic heterocycles. The van der Waals surface area contributed by atoms with E-state index in [1.807, 2.05) is 78.9 Å². The molecule has 0 aliphatic heterocycles. The second-order valence-corrected chi connectivity index (χ2v) is 13.9. The number of carbonyl (C=O) groups excluding carboxylic acids is 4. The fraction of sp³-hybridized carbons (Fsp3) is 0.350. The van der Waals surface area contributed by atoms with Gasteiger partial charge in [-0.05, 0) is 60.4 Å². The van der Waals surface area contributed by atoms with Gasteiger partial charge in [0.05, 0.1) is 0 Å². The highest BCUT2D eigenvalue weighted by atomic mass is 16.6. The van der Waals surface area contributed by atoms with Gasteiger partial charge >= 0.3 is 6.09 Å². The maximum atomic E-state index is 14.6. The minimum atomic E-state index is -0.938. The van der Waals surface area contributed by atoms with Crippen molar-refractivity contribution in [3.8, 4) is 0 Å². The predicted molar refractivity (Wildman–Crippen MR) is 196 cm³/mol. The fourth-order valence-electron chi connectivity index (χ4n) is 5.73. The molecule has 2 atom stereocenters. The van der Waals surface area contributed by atoms with Crippen molar-refractivity contribution in [2.45, 2.75) is 57.8 Å². The first-order chi connectivity index (χ1) is 23.6. The predicted octanol–water partition coefficient (Wildman–Crippen LogP) is 5.55. The zero-order valence-corrected chi connectivity index (χ0v) is 30.3. The van der Waals surface area contributed by atoms with Crippen LogP contribution >= 0.6 is 0 Å². The first-order valence-electron chi connectivity index (χ1n) is 16.7. The van der Waals surface area contributed by atoms with Gasteiger partial charge in [0.15, 0.2) is 0 Å². The number of amides is 4. The number of hydrazine groups is 1. The Hall–Kier alpha value is -5.22. The Morgan fingerprint density at radius 1 is 0.660 bits per heavy atom. The average Bonchev–Trinajstić information content (AvgIpc) is 3.07. The first kappa shape index (κ1) is 37.6. The van der Waals surface area contributed by atoms with E-state index in [4.69, 9.17) is 4.74 Å². The molecule has 4 rings (SSSR count). The van der Waals surface area contributed by atoms with Gasteiger partial charge in [0.25, 0.3) is 11.8 Å². The van der Waals surface area contributed by atoms with Crippen LogP contribution in [0.2, 0.25) is 0 Å². The van der Waals surface area contributed by atoms with E-state index in [-0.39, 0.29) is 37.1 Å².